The number of hydrogen-bond donors (Lipinski definition) is 6. The fraction of sp³-hybridized carbons (Fsp3) is 0.138. The molecule has 0 unspecified atom stereocenters. The normalized spacial score (nSPS) is 12.7. The number of carbonyl (C=O) groups is 1. The van der Waals surface area contributed by atoms with E-state index in [1.807, 2.05) is 0 Å². The minimum absolute atomic E-state index is 0.0721. The predicted molar refractivity (Wildman–Crippen MR) is 201 cm³/mol. The summed E-state index contributed by atoms with van der Waals surface area (Å²) in [4.78, 5) is 11.7. The van der Waals surface area contributed by atoms with E-state index in [1.54, 1.807) is 0 Å². The van der Waals surface area contributed by atoms with E-state index in [0.29, 0.717) is 0 Å². The molecule has 0 bridgehead atoms. The van der Waals surface area contributed by atoms with Gasteiger partial charge in [0.25, 0.3) is 16.0 Å². The number of amides is 1. The molecule has 0 aromatic heterocycles. The third-order valence-corrected chi connectivity index (χ3v) is 12.1. The second kappa shape index (κ2) is 19.0. The van der Waals surface area contributed by atoms with Crippen molar-refractivity contribution in [2.45, 2.75) is 14.7 Å². The van der Waals surface area contributed by atoms with Crippen molar-refractivity contribution in [3.05, 3.63) is 84.4 Å². The van der Waals surface area contributed by atoms with Gasteiger partial charge in [-0.3, -0.25) is 18.1 Å². The minimum Gasteiger partial charge on any atom is -0.396 e. The average molecular weight is 892 g/mol. The van der Waals surface area contributed by atoms with Crippen LogP contribution < -0.4 is 16.8 Å². The Hall–Kier alpha value is -4.98. The number of nitrogens with two attached hydrogens (primary N) is 2. The minimum atomic E-state index is -4.96. The fourth-order valence-electron chi connectivity index (χ4n) is 4.35. The summed E-state index contributed by atoms with van der Waals surface area (Å²) in [6.45, 7) is -1.15. The van der Waals surface area contributed by atoms with Gasteiger partial charge in [-0.05, 0) is 72.8 Å². The van der Waals surface area contributed by atoms with Gasteiger partial charge in [0.05, 0.1) is 57.3 Å². The number of rotatable bonds is 19. The van der Waals surface area contributed by atoms with E-state index in [9.17, 15) is 43.0 Å². The number of carbonyl (C=O) groups excluding carboxylic acids is 1. The molecule has 0 saturated carbocycles. The van der Waals surface area contributed by atoms with Gasteiger partial charge < -0.3 is 16.8 Å². The molecule has 4 aromatic carbocycles. The molecule has 306 valence electrons. The highest BCUT2D eigenvalue weighted by atomic mass is 32.3. The van der Waals surface area contributed by atoms with Crippen LogP contribution in [-0.2, 0) is 57.9 Å². The Kier molecular flexibility index (Phi) is 14.9. The van der Waals surface area contributed by atoms with Crippen LogP contribution in [0, 0.1) is 0 Å². The Morgan fingerprint density at radius 3 is 1.93 bits per heavy atom. The van der Waals surface area contributed by atoms with Crippen LogP contribution in [0.4, 0.5) is 39.8 Å². The molecular formula is C29H29N7O16S5. The van der Waals surface area contributed by atoms with Crippen molar-refractivity contribution in [2.75, 3.05) is 41.5 Å². The highest BCUT2D eigenvalue weighted by molar-refractivity contribution is 7.92. The summed E-state index contributed by atoms with van der Waals surface area (Å²) < 4.78 is 127. The van der Waals surface area contributed by atoms with Gasteiger partial charge in [-0.1, -0.05) is 11.1 Å². The average Bonchev–Trinajstić information content (AvgIpc) is 3.13. The van der Waals surface area contributed by atoms with E-state index in [4.69, 9.17) is 25.5 Å². The maximum absolute atomic E-state index is 12.9. The first kappa shape index (κ1) is 44.7. The number of nitrogens with zero attached hydrogens (tertiary/aromatic N) is 4. The van der Waals surface area contributed by atoms with Gasteiger partial charge in [0.1, 0.15) is 16.3 Å². The third kappa shape index (κ3) is 13.0. The molecule has 1 amide bonds. The number of sulfone groups is 2. The van der Waals surface area contributed by atoms with Crippen LogP contribution in [0.2, 0.25) is 0 Å². The lowest BCUT2D eigenvalue weighted by atomic mass is 10.2. The van der Waals surface area contributed by atoms with Crippen LogP contribution >= 0.6 is 12.3 Å². The lowest BCUT2D eigenvalue weighted by Crippen LogP contribution is -2.16. The number of azo groups is 2. The van der Waals surface area contributed by atoms with Crippen LogP contribution in [0.25, 0.3) is 0 Å². The first-order valence-electron chi connectivity index (χ1n) is 15.2. The summed E-state index contributed by atoms with van der Waals surface area (Å²) in [5.41, 5.74) is 10.9. The standard InChI is InChI=1S/C29H29N7O16S5/c30-26-24(35-33-20-8-10-22(11-9-20)54(39,40)14-12-49-53-52-51-38)17-25(56(43,44)45)27(31)28(26)36-34-19-6-4-18(5-7-19)29(37)32-21-2-1-3-23(16-21)55(41,42)15-13-50-57(46,47)48/h1-11,16-17,38H,12-15,30-31H2,(H,32,37)(H,43,44,45)(H,46,47,48). The van der Waals surface area contributed by atoms with Crippen LogP contribution in [0.5, 0.6) is 0 Å². The molecule has 0 aliphatic carbocycles. The molecule has 23 nitrogen and oxygen atoms in total. The van der Waals surface area contributed by atoms with Crippen molar-refractivity contribution in [3.8, 4) is 0 Å². The molecule has 0 radical (unpaired) electrons. The number of benzene rings is 4. The Morgan fingerprint density at radius 1 is 0.719 bits per heavy atom. The van der Waals surface area contributed by atoms with E-state index < -0.39 is 80.5 Å². The van der Waals surface area contributed by atoms with Crippen molar-refractivity contribution in [1.82, 2.24) is 0 Å². The molecular weight excluding hydrogens is 863 g/mol. The van der Waals surface area contributed by atoms with Gasteiger partial charge in [-0.2, -0.15) is 27.1 Å². The Bertz CT molecular complexity index is 2610. The van der Waals surface area contributed by atoms with Crippen LogP contribution in [0.3, 0.4) is 0 Å². The molecule has 0 aliphatic rings. The zero-order valence-electron chi connectivity index (χ0n) is 28.5. The molecule has 4 aromatic rings. The summed E-state index contributed by atoms with van der Waals surface area (Å²) in [5, 5.41) is 29.6. The van der Waals surface area contributed by atoms with Crippen LogP contribution in [0.15, 0.2) is 114 Å². The summed E-state index contributed by atoms with van der Waals surface area (Å²) in [6.07, 6.45) is 0. The number of anilines is 3. The quantitative estimate of drug-likeness (QED) is 0.0143. The van der Waals surface area contributed by atoms with E-state index in [0.717, 1.165) is 12.1 Å². The maximum atomic E-state index is 12.9. The van der Waals surface area contributed by atoms with Gasteiger partial charge >= 0.3 is 10.4 Å². The van der Waals surface area contributed by atoms with E-state index in [2.05, 4.69) is 39.3 Å². The van der Waals surface area contributed by atoms with Crippen molar-refractivity contribution in [3.63, 3.8) is 0 Å². The van der Waals surface area contributed by atoms with Gasteiger partial charge in [0.2, 0.25) is 0 Å². The Balaban J connectivity index is 1.50. The molecule has 0 heterocycles. The largest absolute Gasteiger partial charge is 0.397 e. The first-order chi connectivity index (χ1) is 26.7. The summed E-state index contributed by atoms with van der Waals surface area (Å²) in [5.74, 6) is -1.91. The Morgan fingerprint density at radius 2 is 1.32 bits per heavy atom. The number of nitrogens with one attached hydrogen (secondary N) is 1. The Labute approximate surface area is 328 Å². The second-order valence-electron chi connectivity index (χ2n) is 10.9. The monoisotopic (exact) mass is 891 g/mol. The SMILES string of the molecule is Nc1c(N=Nc2ccc(S(=O)(=O)CCOSOOO)cc2)cc(S(=O)(=O)O)c(N)c1N=Nc1ccc(C(=O)Nc2cccc(S(=O)(=O)CCOS(=O)(=O)O)c2)cc1. The molecule has 28 heteroatoms. The molecule has 0 aliphatic heterocycles. The molecule has 4 rings (SSSR count). The molecule has 57 heavy (non-hydrogen) atoms. The third-order valence-electron chi connectivity index (χ3n) is 7.04. The first-order valence-corrected chi connectivity index (χ1v) is 22.0. The van der Waals surface area contributed by atoms with Crippen molar-refractivity contribution in [1.29, 1.82) is 0 Å². The number of nitrogen functional groups attached to an aromatic ring is 2. The lowest BCUT2D eigenvalue weighted by molar-refractivity contribution is -0.434. The van der Waals surface area contributed by atoms with Gasteiger partial charge in [-0.15, -0.1) is 14.6 Å². The molecule has 0 atom stereocenters. The lowest BCUT2D eigenvalue weighted by Gasteiger charge is -2.10. The summed E-state index contributed by atoms with van der Waals surface area (Å²) in [6, 6.07) is 16.2. The smallest absolute Gasteiger partial charge is 0.396 e. The molecule has 8 N–H and O–H groups in total. The maximum Gasteiger partial charge on any atom is 0.397 e. The van der Waals surface area contributed by atoms with E-state index in [1.165, 1.54) is 66.7 Å². The van der Waals surface area contributed by atoms with Gasteiger partial charge in [-0.25, -0.2) is 26.3 Å². The summed E-state index contributed by atoms with van der Waals surface area (Å²) >= 11 is 0.216. The van der Waals surface area contributed by atoms with Crippen molar-refractivity contribution >= 4 is 98.2 Å². The highest BCUT2D eigenvalue weighted by Crippen LogP contribution is 2.43. The molecule has 0 spiro atoms. The van der Waals surface area contributed by atoms with Gasteiger partial charge in [0, 0.05) is 11.3 Å². The number of hydrogen-bond acceptors (Lipinski definition) is 21. The van der Waals surface area contributed by atoms with Crippen molar-refractivity contribution in [2.24, 2.45) is 20.5 Å². The van der Waals surface area contributed by atoms with E-state index >= 15 is 0 Å². The summed E-state index contributed by atoms with van der Waals surface area (Å²) in [7, 11) is -17.7. The second-order valence-corrected chi connectivity index (χ2v) is 18.1. The molecule has 0 saturated heterocycles. The predicted octanol–water partition coefficient (Wildman–Crippen LogP) is 4.55. The fourth-order valence-corrected chi connectivity index (χ4v) is 7.93. The zero-order chi connectivity index (χ0) is 42.0. The van der Waals surface area contributed by atoms with Crippen LogP contribution in [0.1, 0.15) is 10.4 Å². The highest BCUT2D eigenvalue weighted by Gasteiger charge is 2.23. The van der Waals surface area contributed by atoms with Crippen LogP contribution in [-0.4, -0.2) is 78.7 Å². The van der Waals surface area contributed by atoms with Gasteiger partial charge in [0.15, 0.2) is 32.0 Å². The zero-order valence-corrected chi connectivity index (χ0v) is 32.6. The van der Waals surface area contributed by atoms with E-state index in [-0.39, 0.29) is 62.7 Å². The topological polar surface area (TPSA) is 365 Å². The van der Waals surface area contributed by atoms with Crippen molar-refractivity contribution < 1.29 is 70.6 Å². The molecule has 0 fully saturated rings.